The molecule has 0 aliphatic heterocycles. The Hall–Kier alpha value is -4.01. The minimum absolute atomic E-state index is 0.0477. The third-order valence-electron chi connectivity index (χ3n) is 4.77. The van der Waals surface area contributed by atoms with Gasteiger partial charge in [0.05, 0.1) is 11.3 Å². The molecule has 6 nitrogen and oxygen atoms in total. The molecule has 9 heteroatoms. The number of aryl methyl sites for hydroxylation is 1. The minimum Gasteiger partial charge on any atom is -0.346 e. The molecule has 0 saturated carbocycles. The summed E-state index contributed by atoms with van der Waals surface area (Å²) in [6.45, 7) is 1.85. The third kappa shape index (κ3) is 4.51. The first kappa shape index (κ1) is 21.2. The zero-order valence-corrected chi connectivity index (χ0v) is 17.0. The molecular formula is C23H18F3N5O. The van der Waals surface area contributed by atoms with Crippen LogP contribution in [0.25, 0.3) is 16.9 Å². The molecule has 0 aliphatic carbocycles. The van der Waals surface area contributed by atoms with Crippen LogP contribution in [0, 0.1) is 6.92 Å². The van der Waals surface area contributed by atoms with Crippen molar-refractivity contribution in [2.24, 2.45) is 0 Å². The molecule has 0 atom stereocenters. The fourth-order valence-corrected chi connectivity index (χ4v) is 3.26. The third-order valence-corrected chi connectivity index (χ3v) is 4.77. The smallest absolute Gasteiger partial charge is 0.346 e. The van der Waals surface area contributed by atoms with E-state index in [0.29, 0.717) is 22.5 Å². The quantitative estimate of drug-likeness (QED) is 0.496. The molecule has 4 rings (SSSR count). The van der Waals surface area contributed by atoms with Gasteiger partial charge in [0, 0.05) is 24.5 Å². The van der Waals surface area contributed by atoms with Gasteiger partial charge in [-0.2, -0.15) is 13.2 Å². The molecular weight excluding hydrogens is 419 g/mol. The van der Waals surface area contributed by atoms with Crippen molar-refractivity contribution in [2.45, 2.75) is 19.6 Å². The molecule has 2 aromatic carbocycles. The van der Waals surface area contributed by atoms with Crippen LogP contribution in [0.5, 0.6) is 0 Å². The van der Waals surface area contributed by atoms with Crippen LogP contribution in [0.15, 0.2) is 73.1 Å². The number of nitrogens with zero attached hydrogens (tertiary/aromatic N) is 4. The average Bonchev–Trinajstić information content (AvgIpc) is 3.23. The largest absolute Gasteiger partial charge is 0.416 e. The molecule has 0 unspecified atom stereocenters. The Balaban J connectivity index is 1.66. The van der Waals surface area contributed by atoms with Gasteiger partial charge in [0.2, 0.25) is 0 Å². The summed E-state index contributed by atoms with van der Waals surface area (Å²) in [6, 6.07) is 15.9. The van der Waals surface area contributed by atoms with Crippen LogP contribution >= 0.6 is 0 Å². The average molecular weight is 437 g/mol. The maximum Gasteiger partial charge on any atom is 0.416 e. The van der Waals surface area contributed by atoms with E-state index in [4.69, 9.17) is 0 Å². The Bertz CT molecular complexity index is 1250. The van der Waals surface area contributed by atoms with Crippen molar-refractivity contribution in [1.29, 1.82) is 0 Å². The van der Waals surface area contributed by atoms with Gasteiger partial charge in [-0.25, -0.2) is 4.68 Å². The van der Waals surface area contributed by atoms with E-state index in [1.807, 2.05) is 31.2 Å². The number of pyridine rings is 1. The number of amides is 1. The number of halogens is 3. The Labute approximate surface area is 181 Å². The number of alkyl halides is 3. The first-order valence-corrected chi connectivity index (χ1v) is 9.70. The molecule has 0 saturated heterocycles. The predicted molar refractivity (Wildman–Crippen MR) is 112 cm³/mol. The second-order valence-electron chi connectivity index (χ2n) is 7.16. The van der Waals surface area contributed by atoms with Crippen molar-refractivity contribution in [3.8, 4) is 16.9 Å². The van der Waals surface area contributed by atoms with E-state index >= 15 is 0 Å². The van der Waals surface area contributed by atoms with E-state index in [0.717, 1.165) is 17.7 Å². The van der Waals surface area contributed by atoms with Crippen molar-refractivity contribution >= 4 is 5.91 Å². The lowest BCUT2D eigenvalue weighted by Crippen LogP contribution is -2.24. The number of aromatic nitrogens is 4. The van der Waals surface area contributed by atoms with Crippen molar-refractivity contribution in [1.82, 2.24) is 25.3 Å². The summed E-state index contributed by atoms with van der Waals surface area (Å²) in [5.74, 6) is -0.555. The summed E-state index contributed by atoms with van der Waals surface area (Å²) in [6.07, 6.45) is -1.25. The van der Waals surface area contributed by atoms with Gasteiger partial charge in [-0.05, 0) is 54.4 Å². The summed E-state index contributed by atoms with van der Waals surface area (Å²) in [5.41, 5.74) is 2.38. The van der Waals surface area contributed by atoms with E-state index in [1.54, 1.807) is 29.2 Å². The van der Waals surface area contributed by atoms with E-state index in [-0.39, 0.29) is 12.2 Å². The highest BCUT2D eigenvalue weighted by Crippen LogP contribution is 2.29. The molecule has 2 heterocycles. The molecule has 0 aliphatic rings. The van der Waals surface area contributed by atoms with Crippen LogP contribution in [0.2, 0.25) is 0 Å². The number of carbonyl (C=O) groups is 1. The predicted octanol–water partition coefficient (Wildman–Crippen LogP) is 4.59. The van der Waals surface area contributed by atoms with E-state index in [9.17, 15) is 18.0 Å². The summed E-state index contributed by atoms with van der Waals surface area (Å²) in [5, 5.41) is 10.9. The topological polar surface area (TPSA) is 72.7 Å². The number of carbonyl (C=O) groups excluding carboxylic acids is 1. The lowest BCUT2D eigenvalue weighted by Gasteiger charge is -2.10. The van der Waals surface area contributed by atoms with Crippen LogP contribution in [-0.2, 0) is 12.7 Å². The van der Waals surface area contributed by atoms with E-state index in [2.05, 4.69) is 20.6 Å². The number of hydrogen-bond donors (Lipinski definition) is 1. The standard InChI is InChI=1S/C23H18F3N5O/c1-15-5-2-9-19(11-15)31-21(17-7-4-10-27-14-17)20(29-30-31)22(32)28-13-16-6-3-8-18(12-16)23(24,25)26/h2-12,14H,13H2,1H3,(H,28,32). The molecule has 1 N–H and O–H groups in total. The number of hydrogen-bond acceptors (Lipinski definition) is 4. The SMILES string of the molecule is Cc1cccc(-n2nnc(C(=O)NCc3cccc(C(F)(F)F)c3)c2-c2cccnc2)c1. The zero-order chi connectivity index (χ0) is 22.7. The van der Waals surface area contributed by atoms with Gasteiger partial charge in [0.25, 0.3) is 5.91 Å². The molecule has 0 fully saturated rings. The lowest BCUT2D eigenvalue weighted by atomic mass is 10.1. The first-order chi connectivity index (χ1) is 15.3. The van der Waals surface area contributed by atoms with Gasteiger partial charge in [-0.1, -0.05) is 29.5 Å². The maximum atomic E-state index is 13.0. The highest BCUT2D eigenvalue weighted by molar-refractivity contribution is 5.98. The van der Waals surface area contributed by atoms with Crippen molar-refractivity contribution < 1.29 is 18.0 Å². The summed E-state index contributed by atoms with van der Waals surface area (Å²) >= 11 is 0. The van der Waals surface area contributed by atoms with Crippen molar-refractivity contribution in [3.05, 3.63) is 95.4 Å². The maximum absolute atomic E-state index is 13.0. The Morgan fingerprint density at radius 3 is 2.59 bits per heavy atom. The van der Waals surface area contributed by atoms with E-state index < -0.39 is 17.6 Å². The molecule has 32 heavy (non-hydrogen) atoms. The molecule has 0 bridgehead atoms. The second-order valence-corrected chi connectivity index (χ2v) is 7.16. The zero-order valence-electron chi connectivity index (χ0n) is 17.0. The van der Waals surface area contributed by atoms with Gasteiger partial charge in [-0.15, -0.1) is 5.10 Å². The van der Waals surface area contributed by atoms with Gasteiger partial charge in [-0.3, -0.25) is 9.78 Å². The van der Waals surface area contributed by atoms with Gasteiger partial charge < -0.3 is 5.32 Å². The molecule has 0 spiro atoms. The highest BCUT2D eigenvalue weighted by Gasteiger charge is 2.30. The van der Waals surface area contributed by atoms with Crippen LogP contribution in [0.3, 0.4) is 0 Å². The molecule has 1 amide bonds. The van der Waals surface area contributed by atoms with Gasteiger partial charge in [0.15, 0.2) is 5.69 Å². The van der Waals surface area contributed by atoms with E-state index in [1.165, 1.54) is 12.1 Å². The minimum atomic E-state index is -4.45. The number of benzene rings is 2. The van der Waals surface area contributed by atoms with Gasteiger partial charge in [0.1, 0.15) is 5.69 Å². The number of nitrogens with one attached hydrogen (secondary N) is 1. The highest BCUT2D eigenvalue weighted by atomic mass is 19.4. The Morgan fingerprint density at radius 1 is 1.06 bits per heavy atom. The second kappa shape index (κ2) is 8.62. The fraction of sp³-hybridized carbons (Fsp3) is 0.130. The van der Waals surface area contributed by atoms with Crippen LogP contribution < -0.4 is 5.32 Å². The van der Waals surface area contributed by atoms with Crippen molar-refractivity contribution in [3.63, 3.8) is 0 Å². The first-order valence-electron chi connectivity index (χ1n) is 9.70. The summed E-state index contributed by atoms with van der Waals surface area (Å²) in [4.78, 5) is 17.0. The molecule has 4 aromatic rings. The normalized spacial score (nSPS) is 11.4. The fourth-order valence-electron chi connectivity index (χ4n) is 3.26. The van der Waals surface area contributed by atoms with Crippen LogP contribution in [0.1, 0.15) is 27.2 Å². The van der Waals surface area contributed by atoms with Gasteiger partial charge >= 0.3 is 6.18 Å². The number of rotatable bonds is 5. The molecule has 0 radical (unpaired) electrons. The summed E-state index contributed by atoms with van der Waals surface area (Å²) < 4.78 is 40.4. The Kier molecular flexibility index (Phi) is 5.72. The monoisotopic (exact) mass is 437 g/mol. The Morgan fingerprint density at radius 2 is 1.88 bits per heavy atom. The summed E-state index contributed by atoms with van der Waals surface area (Å²) in [7, 11) is 0. The molecule has 2 aromatic heterocycles. The van der Waals surface area contributed by atoms with Crippen LogP contribution in [0.4, 0.5) is 13.2 Å². The van der Waals surface area contributed by atoms with Crippen LogP contribution in [-0.4, -0.2) is 25.9 Å². The van der Waals surface area contributed by atoms with Crippen molar-refractivity contribution in [2.75, 3.05) is 0 Å². The molecule has 162 valence electrons. The lowest BCUT2D eigenvalue weighted by molar-refractivity contribution is -0.137.